The van der Waals surface area contributed by atoms with Crippen molar-refractivity contribution in [3.8, 4) is 0 Å². The number of aliphatic carboxylic acids is 1. The lowest BCUT2D eigenvalue weighted by Gasteiger charge is -2.27. The predicted octanol–water partition coefficient (Wildman–Crippen LogP) is 3.65. The van der Waals surface area contributed by atoms with Crippen LogP contribution in [0.3, 0.4) is 0 Å². The first-order valence-electron chi connectivity index (χ1n) is 5.74. The van der Waals surface area contributed by atoms with Crippen LogP contribution in [0, 0.1) is 5.92 Å². The van der Waals surface area contributed by atoms with Crippen LogP contribution in [0.4, 0.5) is 0 Å². The van der Waals surface area contributed by atoms with E-state index in [9.17, 15) is 9.90 Å². The van der Waals surface area contributed by atoms with Crippen molar-refractivity contribution in [3.63, 3.8) is 0 Å². The maximum Gasteiger partial charge on any atom is 0.311 e. The molecule has 1 saturated heterocycles. The van der Waals surface area contributed by atoms with E-state index in [0.717, 1.165) is 29.9 Å². The highest BCUT2D eigenvalue weighted by atomic mass is 35.5. The minimum Gasteiger partial charge on any atom is -0.481 e. The van der Waals surface area contributed by atoms with E-state index in [1.165, 1.54) is 0 Å². The Hall–Kier alpha value is -0.670. The van der Waals surface area contributed by atoms with E-state index in [1.807, 2.05) is 23.9 Å². The molecule has 0 amide bonds. The summed E-state index contributed by atoms with van der Waals surface area (Å²) >= 11 is 7.84. The van der Waals surface area contributed by atoms with Gasteiger partial charge in [-0.3, -0.25) is 4.79 Å². The first-order chi connectivity index (χ1) is 8.18. The maximum atomic E-state index is 11.5. The molecule has 1 N–H and O–H groups in total. The highest BCUT2D eigenvalue weighted by molar-refractivity contribution is 7.99. The Morgan fingerprint density at radius 2 is 2.12 bits per heavy atom. The Morgan fingerprint density at radius 1 is 1.41 bits per heavy atom. The molecule has 1 heterocycles. The van der Waals surface area contributed by atoms with Gasteiger partial charge in [-0.1, -0.05) is 23.7 Å². The van der Waals surface area contributed by atoms with Gasteiger partial charge in [0.25, 0.3) is 0 Å². The van der Waals surface area contributed by atoms with Crippen LogP contribution in [0.15, 0.2) is 24.3 Å². The highest BCUT2D eigenvalue weighted by Crippen LogP contribution is 2.36. The van der Waals surface area contributed by atoms with Crippen LogP contribution in [0.2, 0.25) is 5.02 Å². The lowest BCUT2D eigenvalue weighted by Crippen LogP contribution is -2.25. The van der Waals surface area contributed by atoms with E-state index in [2.05, 4.69) is 0 Å². The van der Waals surface area contributed by atoms with Gasteiger partial charge in [0.2, 0.25) is 0 Å². The molecule has 17 heavy (non-hydrogen) atoms. The third-order valence-electron chi connectivity index (χ3n) is 3.21. The van der Waals surface area contributed by atoms with E-state index in [1.54, 1.807) is 12.1 Å². The van der Waals surface area contributed by atoms with Crippen LogP contribution in [-0.4, -0.2) is 22.6 Å². The summed E-state index contributed by atoms with van der Waals surface area (Å²) in [5.74, 6) is 1.23. The standard InChI is InChI=1S/C13H15ClO2S/c14-11-3-1-2-10(8-11)12(13(15)16)9-4-6-17-7-5-9/h1-3,8-9,12H,4-7H2,(H,15,16). The lowest BCUT2D eigenvalue weighted by molar-refractivity contribution is -0.140. The summed E-state index contributed by atoms with van der Waals surface area (Å²) in [5.41, 5.74) is 0.835. The van der Waals surface area contributed by atoms with Crippen molar-refractivity contribution in [2.75, 3.05) is 11.5 Å². The molecule has 0 aliphatic carbocycles. The molecule has 1 aromatic rings. The zero-order valence-corrected chi connectivity index (χ0v) is 11.0. The summed E-state index contributed by atoms with van der Waals surface area (Å²) in [6, 6.07) is 7.25. The molecule has 1 aliphatic heterocycles. The number of rotatable bonds is 3. The van der Waals surface area contributed by atoms with Crippen molar-refractivity contribution < 1.29 is 9.90 Å². The van der Waals surface area contributed by atoms with Crippen LogP contribution in [-0.2, 0) is 4.79 Å². The maximum absolute atomic E-state index is 11.5. The molecular weight excluding hydrogens is 256 g/mol. The normalized spacial score (nSPS) is 18.9. The van der Waals surface area contributed by atoms with Crippen molar-refractivity contribution in [2.45, 2.75) is 18.8 Å². The number of benzene rings is 1. The van der Waals surface area contributed by atoms with Crippen molar-refractivity contribution in [1.82, 2.24) is 0 Å². The fraction of sp³-hybridized carbons (Fsp3) is 0.462. The molecule has 1 aromatic carbocycles. The Labute approximate surface area is 110 Å². The van der Waals surface area contributed by atoms with Crippen LogP contribution in [0.25, 0.3) is 0 Å². The van der Waals surface area contributed by atoms with Gasteiger partial charge in [-0.15, -0.1) is 0 Å². The second-order valence-corrected chi connectivity index (χ2v) is 5.98. The van der Waals surface area contributed by atoms with Gasteiger partial charge in [-0.25, -0.2) is 0 Å². The summed E-state index contributed by atoms with van der Waals surface area (Å²) in [4.78, 5) is 11.5. The second kappa shape index (κ2) is 5.78. The van der Waals surface area contributed by atoms with Gasteiger partial charge in [-0.05, 0) is 48.0 Å². The summed E-state index contributed by atoms with van der Waals surface area (Å²) in [6.45, 7) is 0. The molecule has 2 rings (SSSR count). The topological polar surface area (TPSA) is 37.3 Å². The van der Waals surface area contributed by atoms with E-state index in [4.69, 9.17) is 11.6 Å². The van der Waals surface area contributed by atoms with Crippen LogP contribution >= 0.6 is 23.4 Å². The molecule has 92 valence electrons. The molecule has 2 nitrogen and oxygen atoms in total. The van der Waals surface area contributed by atoms with Crippen molar-refractivity contribution in [1.29, 1.82) is 0 Å². The average molecular weight is 271 g/mol. The van der Waals surface area contributed by atoms with E-state index in [-0.39, 0.29) is 5.92 Å². The van der Waals surface area contributed by atoms with Gasteiger partial charge in [0.15, 0.2) is 0 Å². The number of carbonyl (C=O) groups is 1. The zero-order chi connectivity index (χ0) is 12.3. The minimum absolute atomic E-state index is 0.243. The third-order valence-corrected chi connectivity index (χ3v) is 4.50. The molecule has 0 saturated carbocycles. The van der Waals surface area contributed by atoms with Gasteiger partial charge < -0.3 is 5.11 Å². The first kappa shape index (κ1) is 12.8. The first-order valence-corrected chi connectivity index (χ1v) is 7.28. The molecular formula is C13H15ClO2S. The lowest BCUT2D eigenvalue weighted by atomic mass is 9.82. The van der Waals surface area contributed by atoms with Gasteiger partial charge in [0, 0.05) is 5.02 Å². The molecule has 1 fully saturated rings. The van der Waals surface area contributed by atoms with Crippen molar-refractivity contribution in [3.05, 3.63) is 34.9 Å². The van der Waals surface area contributed by atoms with Crippen molar-refractivity contribution >= 4 is 29.3 Å². The number of thioether (sulfide) groups is 1. The monoisotopic (exact) mass is 270 g/mol. The minimum atomic E-state index is -0.732. The van der Waals surface area contributed by atoms with Crippen LogP contribution in [0.1, 0.15) is 24.3 Å². The van der Waals surface area contributed by atoms with E-state index >= 15 is 0 Å². The molecule has 1 atom stereocenters. The van der Waals surface area contributed by atoms with Gasteiger partial charge >= 0.3 is 5.97 Å². The number of halogens is 1. The fourth-order valence-corrected chi connectivity index (χ4v) is 3.71. The predicted molar refractivity (Wildman–Crippen MR) is 71.9 cm³/mol. The highest BCUT2D eigenvalue weighted by Gasteiger charge is 2.30. The van der Waals surface area contributed by atoms with Gasteiger partial charge in [0.05, 0.1) is 5.92 Å². The Balaban J connectivity index is 2.25. The van der Waals surface area contributed by atoms with E-state index in [0.29, 0.717) is 5.02 Å². The molecule has 0 radical (unpaired) electrons. The Kier molecular flexibility index (Phi) is 4.35. The Bertz CT molecular complexity index is 402. The Morgan fingerprint density at radius 3 is 2.71 bits per heavy atom. The van der Waals surface area contributed by atoms with Crippen molar-refractivity contribution in [2.24, 2.45) is 5.92 Å². The number of carboxylic acids is 1. The summed E-state index contributed by atoms with van der Waals surface area (Å²) in [5, 5.41) is 10.0. The number of carboxylic acid groups (broad SMARTS) is 1. The SMILES string of the molecule is O=C(O)C(c1cccc(Cl)c1)C1CCSCC1. The quantitative estimate of drug-likeness (QED) is 0.911. The molecule has 0 bridgehead atoms. The van der Waals surface area contributed by atoms with Crippen LogP contribution in [0.5, 0.6) is 0 Å². The average Bonchev–Trinajstić information content (AvgIpc) is 2.30. The molecule has 1 unspecified atom stereocenters. The second-order valence-electron chi connectivity index (χ2n) is 4.32. The van der Waals surface area contributed by atoms with E-state index < -0.39 is 11.9 Å². The molecule has 1 aliphatic rings. The molecule has 0 spiro atoms. The molecule has 4 heteroatoms. The summed E-state index contributed by atoms with van der Waals surface area (Å²) in [6.07, 6.45) is 1.96. The van der Waals surface area contributed by atoms with Crippen LogP contribution < -0.4 is 0 Å². The molecule has 0 aromatic heterocycles. The summed E-state index contributed by atoms with van der Waals surface area (Å²) in [7, 11) is 0. The fourth-order valence-electron chi connectivity index (χ4n) is 2.37. The largest absolute Gasteiger partial charge is 0.481 e. The van der Waals surface area contributed by atoms with Gasteiger partial charge in [-0.2, -0.15) is 11.8 Å². The zero-order valence-electron chi connectivity index (χ0n) is 9.43. The van der Waals surface area contributed by atoms with Gasteiger partial charge in [0.1, 0.15) is 0 Å². The third kappa shape index (κ3) is 3.17. The smallest absolute Gasteiger partial charge is 0.311 e. The number of hydrogen-bond acceptors (Lipinski definition) is 2. The summed E-state index contributed by atoms with van der Waals surface area (Å²) < 4.78 is 0. The number of hydrogen-bond donors (Lipinski definition) is 1.